The number of carbonyl (C=O) groups excluding carboxylic acids is 1. The van der Waals surface area contributed by atoms with E-state index in [1.54, 1.807) is 19.1 Å². The number of likely N-dealkylation sites (tertiary alicyclic amines) is 1. The summed E-state index contributed by atoms with van der Waals surface area (Å²) in [6.45, 7) is 4.57. The first kappa shape index (κ1) is 13.0. The number of benzene rings is 1. The molecule has 0 bridgehead atoms. The number of nitrogens with zero attached hydrogens (tertiary/aromatic N) is 1. The molecule has 1 heterocycles. The maximum absolute atomic E-state index is 13.5. The van der Waals surface area contributed by atoms with E-state index < -0.39 is 0 Å². The molecule has 1 aliphatic rings. The Labute approximate surface area is 107 Å². The molecule has 0 amide bonds. The number of hydrogen-bond acceptors (Lipinski definition) is 3. The molecule has 0 saturated carbocycles. The van der Waals surface area contributed by atoms with Gasteiger partial charge in [-0.3, -0.25) is 9.69 Å². The van der Waals surface area contributed by atoms with E-state index in [9.17, 15) is 9.18 Å². The summed E-state index contributed by atoms with van der Waals surface area (Å²) in [5.74, 6) is -0.407. The van der Waals surface area contributed by atoms with E-state index in [1.807, 2.05) is 17.9 Å². The maximum atomic E-state index is 13.5. The lowest BCUT2D eigenvalue weighted by atomic mass is 9.96. The minimum Gasteiger partial charge on any atom is -0.468 e. The molecule has 0 radical (unpaired) electrons. The predicted molar refractivity (Wildman–Crippen MR) is 66.7 cm³/mol. The van der Waals surface area contributed by atoms with Crippen LogP contribution in [0, 0.1) is 12.7 Å². The zero-order chi connectivity index (χ0) is 13.3. The van der Waals surface area contributed by atoms with Crippen LogP contribution in [0.3, 0.4) is 0 Å². The van der Waals surface area contributed by atoms with Crippen LogP contribution >= 0.6 is 0 Å². The molecule has 0 aliphatic carbocycles. The van der Waals surface area contributed by atoms with Gasteiger partial charge in [0.05, 0.1) is 7.11 Å². The van der Waals surface area contributed by atoms with Gasteiger partial charge in [-0.1, -0.05) is 12.1 Å². The molecule has 98 valence electrons. The van der Waals surface area contributed by atoms with Gasteiger partial charge in [0, 0.05) is 12.6 Å². The fourth-order valence-electron chi connectivity index (χ4n) is 2.32. The van der Waals surface area contributed by atoms with Gasteiger partial charge in [0.2, 0.25) is 0 Å². The monoisotopic (exact) mass is 251 g/mol. The van der Waals surface area contributed by atoms with Gasteiger partial charge in [0.1, 0.15) is 11.9 Å². The fraction of sp³-hybridized carbons (Fsp3) is 0.500. The van der Waals surface area contributed by atoms with Gasteiger partial charge in [-0.25, -0.2) is 4.39 Å². The number of carbonyl (C=O) groups is 1. The number of esters is 1. The Morgan fingerprint density at radius 2 is 2.28 bits per heavy atom. The number of methoxy groups -OCH3 is 1. The summed E-state index contributed by atoms with van der Waals surface area (Å²) in [5.41, 5.74) is 1.53. The first-order chi connectivity index (χ1) is 8.54. The summed E-state index contributed by atoms with van der Waals surface area (Å²) < 4.78 is 18.3. The second-order valence-corrected chi connectivity index (χ2v) is 4.75. The third-order valence-electron chi connectivity index (χ3n) is 3.71. The molecule has 1 aromatic rings. The van der Waals surface area contributed by atoms with Crippen LogP contribution in [0.2, 0.25) is 0 Å². The molecule has 1 aliphatic heterocycles. The Bertz CT molecular complexity index is 461. The Hall–Kier alpha value is -1.42. The first-order valence-electron chi connectivity index (χ1n) is 6.14. The van der Waals surface area contributed by atoms with Gasteiger partial charge in [0.15, 0.2) is 0 Å². The van der Waals surface area contributed by atoms with Crippen molar-refractivity contribution in [3.63, 3.8) is 0 Å². The van der Waals surface area contributed by atoms with Crippen LogP contribution in [0.1, 0.15) is 30.5 Å². The van der Waals surface area contributed by atoms with Gasteiger partial charge in [-0.05, 0) is 37.5 Å². The zero-order valence-corrected chi connectivity index (χ0v) is 10.9. The van der Waals surface area contributed by atoms with Gasteiger partial charge in [0.25, 0.3) is 0 Å². The third kappa shape index (κ3) is 2.25. The van der Waals surface area contributed by atoms with Crippen LogP contribution in [0.25, 0.3) is 0 Å². The highest BCUT2D eigenvalue weighted by Gasteiger charge is 2.38. The molecule has 1 aromatic carbocycles. The number of ether oxygens (including phenoxy) is 1. The van der Waals surface area contributed by atoms with E-state index in [4.69, 9.17) is 4.74 Å². The van der Waals surface area contributed by atoms with Gasteiger partial charge in [-0.2, -0.15) is 0 Å². The van der Waals surface area contributed by atoms with Gasteiger partial charge >= 0.3 is 5.97 Å². The van der Waals surface area contributed by atoms with E-state index >= 15 is 0 Å². The molecule has 1 fully saturated rings. The summed E-state index contributed by atoms with van der Waals surface area (Å²) in [4.78, 5) is 13.6. The molecule has 3 nitrogen and oxygen atoms in total. The van der Waals surface area contributed by atoms with Crippen molar-refractivity contribution in [2.45, 2.75) is 32.4 Å². The molecule has 2 rings (SSSR count). The second-order valence-electron chi connectivity index (χ2n) is 4.75. The standard InChI is InChI=1S/C14H18FNO2/c1-9-4-5-11(8-12(9)15)10(2)16-7-6-13(16)14(17)18-3/h4-5,8,10,13H,6-7H2,1-3H3. The smallest absolute Gasteiger partial charge is 0.323 e. The Kier molecular flexibility index (Phi) is 3.66. The van der Waals surface area contributed by atoms with Crippen molar-refractivity contribution in [2.24, 2.45) is 0 Å². The minimum absolute atomic E-state index is 0.0259. The minimum atomic E-state index is -0.208. The maximum Gasteiger partial charge on any atom is 0.323 e. The average molecular weight is 251 g/mol. The predicted octanol–water partition coefficient (Wildman–Crippen LogP) is 2.44. The summed E-state index contributed by atoms with van der Waals surface area (Å²) in [6.07, 6.45) is 0.811. The third-order valence-corrected chi connectivity index (χ3v) is 3.71. The van der Waals surface area contributed by atoms with Crippen LogP contribution in [-0.2, 0) is 9.53 Å². The Balaban J connectivity index is 2.14. The largest absolute Gasteiger partial charge is 0.468 e. The summed E-state index contributed by atoms with van der Waals surface area (Å²) >= 11 is 0. The van der Waals surface area contributed by atoms with Crippen LogP contribution in [0.4, 0.5) is 4.39 Å². The second kappa shape index (κ2) is 5.06. The van der Waals surface area contributed by atoms with E-state index in [1.165, 1.54) is 7.11 Å². The van der Waals surface area contributed by atoms with Crippen molar-refractivity contribution >= 4 is 5.97 Å². The highest BCUT2D eigenvalue weighted by atomic mass is 19.1. The van der Waals surface area contributed by atoms with E-state index in [0.29, 0.717) is 5.56 Å². The molecule has 1 saturated heterocycles. The molecule has 0 spiro atoms. The van der Waals surface area contributed by atoms with Crippen molar-refractivity contribution in [3.05, 3.63) is 35.1 Å². The van der Waals surface area contributed by atoms with Crippen molar-refractivity contribution in [2.75, 3.05) is 13.7 Å². The Morgan fingerprint density at radius 1 is 1.56 bits per heavy atom. The molecule has 2 atom stereocenters. The molecule has 2 unspecified atom stereocenters. The van der Waals surface area contributed by atoms with Gasteiger partial charge < -0.3 is 4.74 Å². The average Bonchev–Trinajstić information content (AvgIpc) is 2.31. The van der Waals surface area contributed by atoms with Crippen LogP contribution in [-0.4, -0.2) is 30.6 Å². The normalized spacial score (nSPS) is 21.2. The van der Waals surface area contributed by atoms with Crippen molar-refractivity contribution in [1.82, 2.24) is 4.90 Å². The van der Waals surface area contributed by atoms with Crippen molar-refractivity contribution in [3.8, 4) is 0 Å². The van der Waals surface area contributed by atoms with Crippen LogP contribution < -0.4 is 0 Å². The topological polar surface area (TPSA) is 29.5 Å². The number of halogens is 1. The van der Waals surface area contributed by atoms with E-state index in [2.05, 4.69) is 0 Å². The molecule has 4 heteroatoms. The molecule has 0 N–H and O–H groups in total. The van der Waals surface area contributed by atoms with Crippen molar-refractivity contribution in [1.29, 1.82) is 0 Å². The summed E-state index contributed by atoms with van der Waals surface area (Å²) in [5, 5.41) is 0. The molecule has 18 heavy (non-hydrogen) atoms. The first-order valence-corrected chi connectivity index (χ1v) is 6.14. The molecule has 0 aromatic heterocycles. The molecular formula is C14H18FNO2. The lowest BCUT2D eigenvalue weighted by Gasteiger charge is -2.43. The van der Waals surface area contributed by atoms with Crippen LogP contribution in [0.5, 0.6) is 0 Å². The lowest BCUT2D eigenvalue weighted by Crippen LogP contribution is -2.53. The highest BCUT2D eigenvalue weighted by Crippen LogP contribution is 2.31. The SMILES string of the molecule is COC(=O)C1CCN1C(C)c1ccc(C)c(F)c1. The van der Waals surface area contributed by atoms with Crippen LogP contribution in [0.15, 0.2) is 18.2 Å². The number of aryl methyl sites for hydroxylation is 1. The zero-order valence-electron chi connectivity index (χ0n) is 10.9. The number of rotatable bonds is 3. The van der Waals surface area contributed by atoms with Crippen molar-refractivity contribution < 1.29 is 13.9 Å². The highest BCUT2D eigenvalue weighted by molar-refractivity contribution is 5.76. The van der Waals surface area contributed by atoms with E-state index in [-0.39, 0.29) is 23.9 Å². The molecular weight excluding hydrogens is 233 g/mol. The quantitative estimate of drug-likeness (QED) is 0.773. The fourth-order valence-corrected chi connectivity index (χ4v) is 2.32. The van der Waals surface area contributed by atoms with E-state index in [0.717, 1.165) is 18.5 Å². The summed E-state index contributed by atoms with van der Waals surface area (Å²) in [6, 6.07) is 5.07. The lowest BCUT2D eigenvalue weighted by molar-refractivity contribution is -0.153. The summed E-state index contributed by atoms with van der Waals surface area (Å²) in [7, 11) is 1.40. The van der Waals surface area contributed by atoms with Gasteiger partial charge in [-0.15, -0.1) is 0 Å². The number of hydrogen-bond donors (Lipinski definition) is 0. The Morgan fingerprint density at radius 3 is 2.78 bits per heavy atom.